The molecule has 2 rings (SSSR count). The van der Waals surface area contributed by atoms with Crippen molar-refractivity contribution in [3.8, 4) is 11.8 Å². The molecule has 1 aliphatic rings. The van der Waals surface area contributed by atoms with Crippen molar-refractivity contribution < 1.29 is 14.5 Å². The zero-order valence-electron chi connectivity index (χ0n) is 12.1. The van der Waals surface area contributed by atoms with E-state index in [-0.39, 0.29) is 6.10 Å². The SMILES string of the molecule is Cc1cc(C#N)cc(C)c1OCCCCC1CCOO1. The summed E-state index contributed by atoms with van der Waals surface area (Å²) in [5, 5.41) is 8.91. The van der Waals surface area contributed by atoms with Gasteiger partial charge < -0.3 is 4.74 Å². The van der Waals surface area contributed by atoms with Crippen molar-refractivity contribution in [1.29, 1.82) is 5.26 Å². The highest BCUT2D eigenvalue weighted by Gasteiger charge is 2.16. The van der Waals surface area contributed by atoms with Gasteiger partial charge in [0.15, 0.2) is 0 Å². The molecule has 0 amide bonds. The molecule has 0 saturated carbocycles. The van der Waals surface area contributed by atoms with Gasteiger partial charge in [-0.3, -0.25) is 0 Å². The topological polar surface area (TPSA) is 51.5 Å². The van der Waals surface area contributed by atoms with Gasteiger partial charge in [0.25, 0.3) is 0 Å². The lowest BCUT2D eigenvalue weighted by Crippen LogP contribution is -2.06. The minimum Gasteiger partial charge on any atom is -0.493 e. The molecule has 1 atom stereocenters. The van der Waals surface area contributed by atoms with E-state index in [9.17, 15) is 0 Å². The van der Waals surface area contributed by atoms with Gasteiger partial charge in [0, 0.05) is 6.42 Å². The van der Waals surface area contributed by atoms with Crippen molar-refractivity contribution in [3.05, 3.63) is 28.8 Å². The molecular weight excluding hydrogens is 254 g/mol. The van der Waals surface area contributed by atoms with Crippen molar-refractivity contribution >= 4 is 0 Å². The number of ether oxygens (including phenoxy) is 1. The average molecular weight is 275 g/mol. The Balaban J connectivity index is 1.75. The molecule has 108 valence electrons. The number of nitrogens with zero attached hydrogens (tertiary/aromatic N) is 1. The molecule has 4 heteroatoms. The van der Waals surface area contributed by atoms with Crippen LogP contribution in [0.25, 0.3) is 0 Å². The second-order valence-electron chi connectivity index (χ2n) is 5.22. The molecule has 1 aromatic carbocycles. The van der Waals surface area contributed by atoms with Crippen molar-refractivity contribution in [3.63, 3.8) is 0 Å². The van der Waals surface area contributed by atoms with Gasteiger partial charge in [0.2, 0.25) is 0 Å². The van der Waals surface area contributed by atoms with Crippen LogP contribution in [0.15, 0.2) is 12.1 Å². The minimum atomic E-state index is 0.258. The average Bonchev–Trinajstić information content (AvgIpc) is 2.94. The van der Waals surface area contributed by atoms with E-state index >= 15 is 0 Å². The third-order valence-electron chi connectivity index (χ3n) is 3.48. The van der Waals surface area contributed by atoms with Gasteiger partial charge in [-0.25, -0.2) is 9.78 Å². The maximum absolute atomic E-state index is 8.91. The van der Waals surface area contributed by atoms with Crippen LogP contribution < -0.4 is 4.74 Å². The summed E-state index contributed by atoms with van der Waals surface area (Å²) in [5.41, 5.74) is 2.73. The van der Waals surface area contributed by atoms with E-state index in [2.05, 4.69) is 6.07 Å². The maximum Gasteiger partial charge on any atom is 0.125 e. The first-order valence-electron chi connectivity index (χ1n) is 7.13. The first-order chi connectivity index (χ1) is 9.70. The fourth-order valence-corrected chi connectivity index (χ4v) is 2.46. The van der Waals surface area contributed by atoms with Crippen LogP contribution in [0.5, 0.6) is 5.75 Å². The highest BCUT2D eigenvalue weighted by atomic mass is 17.2. The summed E-state index contributed by atoms with van der Waals surface area (Å²) in [6.07, 6.45) is 4.35. The molecule has 0 bridgehead atoms. The predicted octanol–water partition coefficient (Wildman–Crippen LogP) is 3.44. The quantitative estimate of drug-likeness (QED) is 0.589. The molecule has 0 aliphatic carbocycles. The summed E-state index contributed by atoms with van der Waals surface area (Å²) in [6, 6.07) is 5.90. The number of rotatable bonds is 6. The second-order valence-corrected chi connectivity index (χ2v) is 5.22. The van der Waals surface area contributed by atoms with Crippen LogP contribution >= 0.6 is 0 Å². The summed E-state index contributed by atoms with van der Waals surface area (Å²) in [5.74, 6) is 0.907. The largest absolute Gasteiger partial charge is 0.493 e. The van der Waals surface area contributed by atoms with E-state index in [1.54, 1.807) is 0 Å². The minimum absolute atomic E-state index is 0.258. The second kappa shape index (κ2) is 7.28. The van der Waals surface area contributed by atoms with Crippen LogP contribution in [0.4, 0.5) is 0 Å². The summed E-state index contributed by atoms with van der Waals surface area (Å²) in [6.45, 7) is 5.37. The molecule has 1 aliphatic heterocycles. The van der Waals surface area contributed by atoms with Crippen molar-refractivity contribution in [2.24, 2.45) is 0 Å². The lowest BCUT2D eigenvalue weighted by Gasteiger charge is -2.13. The van der Waals surface area contributed by atoms with Gasteiger partial charge in [-0.15, -0.1) is 0 Å². The van der Waals surface area contributed by atoms with Crippen LogP contribution in [0.1, 0.15) is 42.4 Å². The van der Waals surface area contributed by atoms with E-state index in [0.717, 1.165) is 42.6 Å². The molecule has 0 N–H and O–H groups in total. The molecule has 0 radical (unpaired) electrons. The first-order valence-corrected chi connectivity index (χ1v) is 7.13. The van der Waals surface area contributed by atoms with Gasteiger partial charge >= 0.3 is 0 Å². The van der Waals surface area contributed by atoms with Crippen LogP contribution in [-0.4, -0.2) is 19.3 Å². The molecule has 1 unspecified atom stereocenters. The Kier molecular flexibility index (Phi) is 5.40. The number of aryl methyl sites for hydroxylation is 2. The molecular formula is C16H21NO3. The van der Waals surface area contributed by atoms with Crippen molar-refractivity contribution in [1.82, 2.24) is 0 Å². The van der Waals surface area contributed by atoms with Crippen LogP contribution in [0.2, 0.25) is 0 Å². The number of hydrogen-bond acceptors (Lipinski definition) is 4. The normalized spacial score (nSPS) is 17.9. The van der Waals surface area contributed by atoms with Gasteiger partial charge in [-0.05, 0) is 56.4 Å². The summed E-state index contributed by atoms with van der Waals surface area (Å²) >= 11 is 0. The lowest BCUT2D eigenvalue weighted by atomic mass is 10.1. The highest BCUT2D eigenvalue weighted by Crippen LogP contribution is 2.25. The number of benzene rings is 1. The molecule has 0 aromatic heterocycles. The molecule has 1 heterocycles. The Morgan fingerprint density at radius 1 is 1.30 bits per heavy atom. The smallest absolute Gasteiger partial charge is 0.125 e. The van der Waals surface area contributed by atoms with E-state index in [0.29, 0.717) is 18.8 Å². The summed E-state index contributed by atoms with van der Waals surface area (Å²) in [7, 11) is 0. The Morgan fingerprint density at radius 3 is 2.65 bits per heavy atom. The fraction of sp³-hybridized carbons (Fsp3) is 0.562. The highest BCUT2D eigenvalue weighted by molar-refractivity contribution is 5.47. The fourth-order valence-electron chi connectivity index (χ4n) is 2.46. The molecule has 0 spiro atoms. The maximum atomic E-state index is 8.91. The lowest BCUT2D eigenvalue weighted by molar-refractivity contribution is -0.275. The van der Waals surface area contributed by atoms with Crippen molar-refractivity contribution in [2.75, 3.05) is 13.2 Å². The zero-order chi connectivity index (χ0) is 14.4. The van der Waals surface area contributed by atoms with Gasteiger partial charge in [-0.1, -0.05) is 0 Å². The van der Waals surface area contributed by atoms with Gasteiger partial charge in [0.1, 0.15) is 5.75 Å². The van der Waals surface area contributed by atoms with Crippen LogP contribution in [0.3, 0.4) is 0 Å². The summed E-state index contributed by atoms with van der Waals surface area (Å²) in [4.78, 5) is 9.99. The molecule has 1 fully saturated rings. The first kappa shape index (κ1) is 14.8. The molecule has 4 nitrogen and oxygen atoms in total. The Bertz CT molecular complexity index is 464. The number of hydrogen-bond donors (Lipinski definition) is 0. The zero-order valence-corrected chi connectivity index (χ0v) is 12.1. The third kappa shape index (κ3) is 3.96. The van der Waals surface area contributed by atoms with Crippen molar-refractivity contribution in [2.45, 2.75) is 45.6 Å². The van der Waals surface area contributed by atoms with E-state index in [1.165, 1.54) is 0 Å². The number of unbranched alkanes of at least 4 members (excludes halogenated alkanes) is 1. The summed E-state index contributed by atoms with van der Waals surface area (Å²) < 4.78 is 5.85. The Labute approximate surface area is 120 Å². The third-order valence-corrected chi connectivity index (χ3v) is 3.48. The number of nitriles is 1. The van der Waals surface area contributed by atoms with E-state index in [1.807, 2.05) is 26.0 Å². The molecule has 1 saturated heterocycles. The van der Waals surface area contributed by atoms with E-state index < -0.39 is 0 Å². The standard InChI is InChI=1S/C16H21NO3/c1-12-9-14(11-17)10-13(2)16(12)18-7-4-3-5-15-6-8-19-20-15/h9-10,15H,3-8H2,1-2H3. The van der Waals surface area contributed by atoms with Crippen LogP contribution in [0, 0.1) is 25.2 Å². The Morgan fingerprint density at radius 2 is 2.05 bits per heavy atom. The van der Waals surface area contributed by atoms with Gasteiger partial charge in [-0.2, -0.15) is 5.26 Å². The Hall–Kier alpha value is -1.57. The van der Waals surface area contributed by atoms with E-state index in [4.69, 9.17) is 19.8 Å². The van der Waals surface area contributed by atoms with Gasteiger partial charge in [0.05, 0.1) is 31.0 Å². The monoisotopic (exact) mass is 275 g/mol. The van der Waals surface area contributed by atoms with Crippen LogP contribution in [-0.2, 0) is 9.78 Å². The molecule has 20 heavy (non-hydrogen) atoms. The molecule has 1 aromatic rings. The predicted molar refractivity (Wildman–Crippen MR) is 75.4 cm³/mol.